The number of nitriles is 1. The number of pyridine rings is 1. The molecule has 154 valence electrons. The van der Waals surface area contributed by atoms with Gasteiger partial charge in [-0.05, 0) is 50.1 Å². The van der Waals surface area contributed by atoms with Crippen LogP contribution >= 0.6 is 0 Å². The van der Waals surface area contributed by atoms with Crippen LogP contribution in [0.2, 0.25) is 0 Å². The van der Waals surface area contributed by atoms with Crippen LogP contribution in [0.3, 0.4) is 0 Å². The second kappa shape index (κ2) is 8.17. The first-order chi connectivity index (χ1) is 15.2. The van der Waals surface area contributed by atoms with Crippen molar-refractivity contribution in [2.45, 2.75) is 32.4 Å². The Morgan fingerprint density at radius 1 is 1.13 bits per heavy atom. The highest BCUT2D eigenvalue weighted by atomic mass is 15.2. The molecule has 0 bridgehead atoms. The van der Waals surface area contributed by atoms with Gasteiger partial charge < -0.3 is 10.3 Å². The molecule has 0 unspecified atom stereocenters. The number of hydrogen-bond acceptors (Lipinski definition) is 6. The standard InChI is InChI=1S/C24H23N7/c1-16-19-5-2-3-6-20(19)30-22(16)15-31-10-4-7-23(31)21-13-28-24(14-27-21)29-18-9-8-17(11-25)26-12-18/h2-3,5-6,8-9,12-14,23,30H,4,7,10,15H2,1H3,(H,28,29)/t23-/m1/s1. The van der Waals surface area contributed by atoms with Crippen LogP contribution in [0.15, 0.2) is 55.0 Å². The summed E-state index contributed by atoms with van der Waals surface area (Å²) in [7, 11) is 0. The van der Waals surface area contributed by atoms with Gasteiger partial charge in [0, 0.05) is 23.1 Å². The number of H-pyrrole nitrogens is 1. The molecular weight excluding hydrogens is 386 g/mol. The lowest BCUT2D eigenvalue weighted by Gasteiger charge is -2.23. The Bertz CT molecular complexity index is 1240. The molecule has 5 rings (SSSR count). The van der Waals surface area contributed by atoms with Crippen LogP contribution < -0.4 is 5.32 Å². The molecule has 0 saturated carbocycles. The average molecular weight is 409 g/mol. The Kier molecular flexibility index (Phi) is 5.06. The van der Waals surface area contributed by atoms with Crippen LogP contribution in [0.1, 0.15) is 41.5 Å². The molecule has 0 amide bonds. The third-order valence-corrected chi connectivity index (χ3v) is 5.96. The monoisotopic (exact) mass is 409 g/mol. The van der Waals surface area contributed by atoms with Crippen molar-refractivity contribution >= 4 is 22.4 Å². The minimum atomic E-state index is 0.268. The molecule has 1 aromatic carbocycles. The quantitative estimate of drug-likeness (QED) is 0.500. The smallest absolute Gasteiger partial charge is 0.148 e. The zero-order valence-corrected chi connectivity index (χ0v) is 17.3. The van der Waals surface area contributed by atoms with Crippen molar-refractivity contribution in [2.24, 2.45) is 0 Å². The molecule has 0 spiro atoms. The number of hydrogen-bond donors (Lipinski definition) is 2. The summed E-state index contributed by atoms with van der Waals surface area (Å²) >= 11 is 0. The van der Waals surface area contributed by atoms with Crippen molar-refractivity contribution in [1.82, 2.24) is 24.8 Å². The number of nitrogens with zero attached hydrogens (tertiary/aromatic N) is 5. The van der Waals surface area contributed by atoms with Crippen LogP contribution in [-0.2, 0) is 6.54 Å². The zero-order chi connectivity index (χ0) is 21.2. The van der Waals surface area contributed by atoms with E-state index in [-0.39, 0.29) is 6.04 Å². The molecule has 0 aliphatic carbocycles. The molecular formula is C24H23N7. The number of anilines is 2. The first-order valence-corrected chi connectivity index (χ1v) is 10.5. The fourth-order valence-corrected chi connectivity index (χ4v) is 4.31. The lowest BCUT2D eigenvalue weighted by atomic mass is 10.1. The number of aromatic amines is 1. The van der Waals surface area contributed by atoms with Gasteiger partial charge in [0.1, 0.15) is 17.6 Å². The third kappa shape index (κ3) is 3.86. The Balaban J connectivity index is 1.30. The molecule has 7 heteroatoms. The third-order valence-electron chi connectivity index (χ3n) is 5.96. The molecule has 4 aromatic rings. The Morgan fingerprint density at radius 3 is 2.77 bits per heavy atom. The number of benzene rings is 1. The van der Waals surface area contributed by atoms with E-state index in [4.69, 9.17) is 10.2 Å². The van der Waals surface area contributed by atoms with Crippen molar-refractivity contribution in [2.75, 3.05) is 11.9 Å². The Hall–Kier alpha value is -3.76. The summed E-state index contributed by atoms with van der Waals surface area (Å²) in [5, 5.41) is 13.3. The minimum absolute atomic E-state index is 0.268. The molecule has 2 N–H and O–H groups in total. The number of likely N-dealkylation sites (tertiary alicyclic amines) is 1. The van der Waals surface area contributed by atoms with Gasteiger partial charge in [-0.15, -0.1) is 0 Å². The summed E-state index contributed by atoms with van der Waals surface area (Å²) in [6, 6.07) is 14.2. The van der Waals surface area contributed by atoms with Crippen LogP contribution in [0.25, 0.3) is 10.9 Å². The van der Waals surface area contributed by atoms with Gasteiger partial charge >= 0.3 is 0 Å². The van der Waals surface area contributed by atoms with Gasteiger partial charge in [0.15, 0.2) is 0 Å². The largest absolute Gasteiger partial charge is 0.357 e. The normalized spacial score (nSPS) is 16.5. The van der Waals surface area contributed by atoms with E-state index in [0.717, 1.165) is 37.3 Å². The number of nitrogens with one attached hydrogen (secondary N) is 2. The van der Waals surface area contributed by atoms with E-state index in [0.29, 0.717) is 11.5 Å². The van der Waals surface area contributed by atoms with Gasteiger partial charge in [0.2, 0.25) is 0 Å². The van der Waals surface area contributed by atoms with E-state index in [9.17, 15) is 0 Å². The van der Waals surface area contributed by atoms with Gasteiger partial charge in [-0.1, -0.05) is 18.2 Å². The summed E-state index contributed by atoms with van der Waals surface area (Å²) in [5.41, 5.74) is 5.94. The summed E-state index contributed by atoms with van der Waals surface area (Å²) in [4.78, 5) is 19.4. The van der Waals surface area contributed by atoms with Crippen molar-refractivity contribution < 1.29 is 0 Å². The number of para-hydroxylation sites is 1. The second-order valence-corrected chi connectivity index (χ2v) is 7.90. The molecule has 4 heterocycles. The predicted molar refractivity (Wildman–Crippen MR) is 120 cm³/mol. The molecule has 1 aliphatic heterocycles. The maximum Gasteiger partial charge on any atom is 0.148 e. The summed E-state index contributed by atoms with van der Waals surface area (Å²) in [6.45, 7) is 4.12. The van der Waals surface area contributed by atoms with E-state index in [2.05, 4.69) is 56.4 Å². The highest BCUT2D eigenvalue weighted by molar-refractivity contribution is 5.84. The molecule has 1 fully saturated rings. The van der Waals surface area contributed by atoms with Crippen molar-refractivity contribution in [3.63, 3.8) is 0 Å². The fourth-order valence-electron chi connectivity index (χ4n) is 4.31. The Morgan fingerprint density at radius 2 is 2.03 bits per heavy atom. The van der Waals surface area contributed by atoms with Crippen LogP contribution in [-0.4, -0.2) is 31.4 Å². The molecule has 0 radical (unpaired) electrons. The van der Waals surface area contributed by atoms with E-state index >= 15 is 0 Å². The van der Waals surface area contributed by atoms with E-state index in [1.54, 1.807) is 18.5 Å². The SMILES string of the molecule is Cc1c(CN2CCC[C@@H]2c2cnc(Nc3ccc(C#N)nc3)cn2)[nH]c2ccccc12. The van der Waals surface area contributed by atoms with E-state index < -0.39 is 0 Å². The first-order valence-electron chi connectivity index (χ1n) is 10.5. The number of fused-ring (bicyclic) bond motifs is 1. The number of aromatic nitrogens is 4. The number of rotatable bonds is 5. The maximum atomic E-state index is 8.86. The minimum Gasteiger partial charge on any atom is -0.357 e. The summed E-state index contributed by atoms with van der Waals surface area (Å²) in [5.74, 6) is 0.659. The second-order valence-electron chi connectivity index (χ2n) is 7.90. The van der Waals surface area contributed by atoms with Gasteiger partial charge in [0.05, 0.1) is 36.0 Å². The van der Waals surface area contributed by atoms with E-state index in [1.807, 2.05) is 18.3 Å². The highest BCUT2D eigenvalue weighted by Gasteiger charge is 2.28. The number of aryl methyl sites for hydroxylation is 1. The molecule has 1 saturated heterocycles. The summed E-state index contributed by atoms with van der Waals surface area (Å²) < 4.78 is 0. The molecule has 1 aliphatic rings. The lowest BCUT2D eigenvalue weighted by molar-refractivity contribution is 0.241. The topological polar surface area (TPSA) is 93.5 Å². The zero-order valence-electron chi connectivity index (χ0n) is 17.3. The van der Waals surface area contributed by atoms with E-state index in [1.165, 1.54) is 22.2 Å². The van der Waals surface area contributed by atoms with Gasteiger partial charge in [0.25, 0.3) is 0 Å². The van der Waals surface area contributed by atoms with Crippen LogP contribution in [0.4, 0.5) is 11.5 Å². The maximum absolute atomic E-state index is 8.86. The van der Waals surface area contributed by atoms with Crippen molar-refractivity contribution in [3.8, 4) is 6.07 Å². The van der Waals surface area contributed by atoms with Crippen LogP contribution in [0, 0.1) is 18.3 Å². The van der Waals surface area contributed by atoms with Crippen LogP contribution in [0.5, 0.6) is 0 Å². The Labute approximate surface area is 180 Å². The first kappa shape index (κ1) is 19.2. The molecule has 31 heavy (non-hydrogen) atoms. The lowest BCUT2D eigenvalue weighted by Crippen LogP contribution is -2.24. The molecule has 3 aromatic heterocycles. The van der Waals surface area contributed by atoms with Crippen molar-refractivity contribution in [1.29, 1.82) is 5.26 Å². The summed E-state index contributed by atoms with van der Waals surface area (Å²) in [6.07, 6.45) is 7.48. The predicted octanol–water partition coefficient (Wildman–Crippen LogP) is 4.61. The van der Waals surface area contributed by atoms with Gasteiger partial charge in [-0.3, -0.25) is 9.88 Å². The average Bonchev–Trinajstić information content (AvgIpc) is 3.40. The fraction of sp³-hybridized carbons (Fsp3) is 0.250. The highest BCUT2D eigenvalue weighted by Crippen LogP contribution is 2.33. The molecule has 1 atom stereocenters. The molecule has 7 nitrogen and oxygen atoms in total. The van der Waals surface area contributed by atoms with Crippen molar-refractivity contribution in [3.05, 3.63) is 77.6 Å². The van der Waals surface area contributed by atoms with Gasteiger partial charge in [-0.2, -0.15) is 5.26 Å². The van der Waals surface area contributed by atoms with Gasteiger partial charge in [-0.25, -0.2) is 9.97 Å².